The molecule has 0 saturated heterocycles. The lowest BCUT2D eigenvalue weighted by atomic mass is 9.96. The molecule has 2 unspecified atom stereocenters. The number of guanidine groups is 1. The van der Waals surface area contributed by atoms with Crippen molar-refractivity contribution in [2.75, 3.05) is 6.61 Å². The summed E-state index contributed by atoms with van der Waals surface area (Å²) in [6.07, 6.45) is 0.704. The molecule has 6 heteroatoms. The average Bonchev–Trinajstić information content (AvgIpc) is 3.04. The van der Waals surface area contributed by atoms with E-state index in [1.54, 1.807) is 6.07 Å². The van der Waals surface area contributed by atoms with E-state index in [4.69, 9.17) is 27.8 Å². The highest BCUT2D eigenvalue weighted by Gasteiger charge is 2.64. The van der Waals surface area contributed by atoms with Crippen LogP contribution in [0.3, 0.4) is 0 Å². The van der Waals surface area contributed by atoms with Gasteiger partial charge in [0.15, 0.2) is 5.96 Å². The molecule has 1 saturated carbocycles. The summed E-state index contributed by atoms with van der Waals surface area (Å²) in [5, 5.41) is 0.634. The van der Waals surface area contributed by atoms with Crippen molar-refractivity contribution in [3.63, 3.8) is 0 Å². The van der Waals surface area contributed by atoms with E-state index in [0.29, 0.717) is 18.1 Å². The molecule has 5 nitrogen and oxygen atoms in total. The maximum absolute atomic E-state index is 12.0. The van der Waals surface area contributed by atoms with E-state index >= 15 is 0 Å². The van der Waals surface area contributed by atoms with Crippen LogP contribution >= 0.6 is 11.6 Å². The fourth-order valence-corrected chi connectivity index (χ4v) is 2.71. The lowest BCUT2D eigenvalue weighted by Gasteiger charge is -2.22. The molecule has 1 aromatic carbocycles. The number of hydrogen-bond acceptors (Lipinski definition) is 2. The molecule has 0 bridgehead atoms. The molecule has 4 N–H and O–H groups in total. The zero-order valence-electron chi connectivity index (χ0n) is 9.52. The quantitative estimate of drug-likeness (QED) is 0.586. The number of nitrogens with zero attached hydrogens (tertiary/aromatic N) is 1. The summed E-state index contributed by atoms with van der Waals surface area (Å²) >= 11 is 5.96. The van der Waals surface area contributed by atoms with Crippen LogP contribution in [0, 0.1) is 5.41 Å². The number of ether oxygens (including phenoxy) is 1. The van der Waals surface area contributed by atoms with Gasteiger partial charge in [-0.1, -0.05) is 11.6 Å². The number of hydrogen-bond donors (Lipinski definition) is 2. The first-order valence-electron chi connectivity index (χ1n) is 5.59. The summed E-state index contributed by atoms with van der Waals surface area (Å²) in [6, 6.07) is 5.43. The lowest BCUT2D eigenvalue weighted by molar-refractivity contribution is -0.124. The molecule has 1 fully saturated rings. The summed E-state index contributed by atoms with van der Waals surface area (Å²) < 4.78 is 5.61. The third-order valence-corrected chi connectivity index (χ3v) is 3.80. The van der Waals surface area contributed by atoms with Crippen molar-refractivity contribution in [2.45, 2.75) is 12.3 Å². The molecule has 2 atom stereocenters. The average molecular weight is 266 g/mol. The van der Waals surface area contributed by atoms with Crippen LogP contribution in [-0.2, 0) is 4.79 Å². The minimum atomic E-state index is -0.596. The molecule has 0 aromatic heterocycles. The Morgan fingerprint density at radius 1 is 1.50 bits per heavy atom. The Kier molecular flexibility index (Phi) is 2.28. The van der Waals surface area contributed by atoms with Crippen LogP contribution in [-0.4, -0.2) is 18.5 Å². The Labute approximate surface area is 109 Å². The molecule has 1 aliphatic carbocycles. The fourth-order valence-electron chi connectivity index (χ4n) is 2.53. The first kappa shape index (κ1) is 11.3. The molecular weight excluding hydrogens is 254 g/mol. The largest absolute Gasteiger partial charge is 0.492 e. The SMILES string of the molecule is NC(N)=NC(=O)C12COc3ccc(Cl)cc3C1C2. The van der Waals surface area contributed by atoms with Gasteiger partial charge in [0.2, 0.25) is 0 Å². The minimum Gasteiger partial charge on any atom is -0.492 e. The van der Waals surface area contributed by atoms with Gasteiger partial charge in [0, 0.05) is 10.9 Å². The van der Waals surface area contributed by atoms with Gasteiger partial charge in [0.25, 0.3) is 5.91 Å². The minimum absolute atomic E-state index is 0.107. The molecule has 18 heavy (non-hydrogen) atoms. The summed E-state index contributed by atoms with van der Waals surface area (Å²) in [5.74, 6) is 0.376. The van der Waals surface area contributed by atoms with Crippen molar-refractivity contribution in [3.05, 3.63) is 28.8 Å². The topological polar surface area (TPSA) is 90.7 Å². The van der Waals surface area contributed by atoms with Crippen LogP contribution in [0.1, 0.15) is 17.9 Å². The Hall–Kier alpha value is -1.75. The Morgan fingerprint density at radius 3 is 3.00 bits per heavy atom. The summed E-state index contributed by atoms with van der Waals surface area (Å²) in [7, 11) is 0. The maximum Gasteiger partial charge on any atom is 0.259 e. The first-order valence-corrected chi connectivity index (χ1v) is 5.97. The molecule has 3 rings (SSSR count). The third-order valence-electron chi connectivity index (χ3n) is 3.56. The number of rotatable bonds is 1. The highest BCUT2D eigenvalue weighted by atomic mass is 35.5. The number of carbonyl (C=O) groups is 1. The number of nitrogens with two attached hydrogens (primary N) is 2. The Balaban J connectivity index is 1.95. The van der Waals surface area contributed by atoms with Crippen molar-refractivity contribution in [1.82, 2.24) is 0 Å². The highest BCUT2D eigenvalue weighted by Crippen LogP contribution is 2.64. The molecule has 1 aliphatic heterocycles. The Morgan fingerprint density at radius 2 is 2.28 bits per heavy atom. The number of benzene rings is 1. The van der Waals surface area contributed by atoms with Crippen LogP contribution in [0.4, 0.5) is 0 Å². The van der Waals surface area contributed by atoms with E-state index in [0.717, 1.165) is 11.3 Å². The van der Waals surface area contributed by atoms with E-state index < -0.39 is 5.41 Å². The van der Waals surface area contributed by atoms with Gasteiger partial charge in [0.05, 0.1) is 5.41 Å². The van der Waals surface area contributed by atoms with E-state index in [1.165, 1.54) is 0 Å². The van der Waals surface area contributed by atoms with E-state index in [-0.39, 0.29) is 17.8 Å². The summed E-state index contributed by atoms with van der Waals surface area (Å²) in [6.45, 7) is 0.321. The normalized spacial score (nSPS) is 27.5. The van der Waals surface area contributed by atoms with Gasteiger partial charge in [-0.15, -0.1) is 0 Å². The van der Waals surface area contributed by atoms with Crippen LogP contribution in [0.2, 0.25) is 5.02 Å². The number of fused-ring (bicyclic) bond motifs is 3. The molecule has 94 valence electrons. The lowest BCUT2D eigenvalue weighted by Crippen LogP contribution is -2.31. The fraction of sp³-hybridized carbons (Fsp3) is 0.333. The molecule has 1 aromatic rings. The summed E-state index contributed by atoms with van der Waals surface area (Å²) in [5.41, 5.74) is 10.9. The van der Waals surface area contributed by atoms with Crippen LogP contribution in [0.25, 0.3) is 0 Å². The first-order chi connectivity index (χ1) is 8.53. The van der Waals surface area contributed by atoms with Gasteiger partial charge >= 0.3 is 0 Å². The molecular formula is C12H12ClN3O2. The van der Waals surface area contributed by atoms with E-state index in [2.05, 4.69) is 4.99 Å². The van der Waals surface area contributed by atoms with Gasteiger partial charge in [-0.2, -0.15) is 4.99 Å². The maximum atomic E-state index is 12.0. The zero-order chi connectivity index (χ0) is 12.9. The molecule has 1 amide bonds. The number of aliphatic imine (C=N–C) groups is 1. The van der Waals surface area contributed by atoms with Gasteiger partial charge in [-0.05, 0) is 30.2 Å². The van der Waals surface area contributed by atoms with E-state index in [9.17, 15) is 4.79 Å². The second-order valence-electron chi connectivity index (χ2n) is 4.73. The number of carbonyl (C=O) groups excluding carboxylic acids is 1. The molecule has 2 aliphatic rings. The predicted molar refractivity (Wildman–Crippen MR) is 67.6 cm³/mol. The zero-order valence-corrected chi connectivity index (χ0v) is 10.3. The number of halogens is 1. The Bertz CT molecular complexity index is 568. The van der Waals surface area contributed by atoms with Crippen molar-refractivity contribution >= 4 is 23.5 Å². The van der Waals surface area contributed by atoms with Gasteiger partial charge in [0.1, 0.15) is 12.4 Å². The van der Waals surface area contributed by atoms with Gasteiger partial charge < -0.3 is 16.2 Å². The van der Waals surface area contributed by atoms with E-state index in [1.807, 2.05) is 12.1 Å². The smallest absolute Gasteiger partial charge is 0.259 e. The predicted octanol–water partition coefficient (Wildman–Crippen LogP) is 1.01. The third kappa shape index (κ3) is 1.54. The van der Waals surface area contributed by atoms with Crippen molar-refractivity contribution in [1.29, 1.82) is 0 Å². The van der Waals surface area contributed by atoms with Gasteiger partial charge in [-0.3, -0.25) is 4.79 Å². The molecule has 0 radical (unpaired) electrons. The van der Waals surface area contributed by atoms with Gasteiger partial charge in [-0.25, -0.2) is 0 Å². The highest BCUT2D eigenvalue weighted by molar-refractivity contribution is 6.30. The van der Waals surface area contributed by atoms with Crippen LogP contribution in [0.5, 0.6) is 5.75 Å². The molecule has 0 spiro atoms. The second-order valence-corrected chi connectivity index (χ2v) is 5.16. The van der Waals surface area contributed by atoms with Crippen molar-refractivity contribution in [2.24, 2.45) is 21.9 Å². The second kappa shape index (κ2) is 3.62. The number of amides is 1. The monoisotopic (exact) mass is 265 g/mol. The van der Waals surface area contributed by atoms with Crippen LogP contribution in [0.15, 0.2) is 23.2 Å². The standard InChI is InChI=1S/C12H12ClN3O2/c13-6-1-2-9-7(3-6)8-4-12(8,5-18-9)10(17)16-11(14)15/h1-3,8H,4-5H2,(H4,14,15,16,17). The van der Waals surface area contributed by atoms with Crippen LogP contribution < -0.4 is 16.2 Å². The van der Waals surface area contributed by atoms with Crippen molar-refractivity contribution < 1.29 is 9.53 Å². The summed E-state index contributed by atoms with van der Waals surface area (Å²) in [4.78, 5) is 15.6. The molecule has 1 heterocycles. The van der Waals surface area contributed by atoms with Crippen molar-refractivity contribution in [3.8, 4) is 5.75 Å².